The highest BCUT2D eigenvalue weighted by atomic mass is 32.2. The smallest absolute Gasteiger partial charge is 0.225 e. The Kier molecular flexibility index (Phi) is 2.54. The van der Waals surface area contributed by atoms with Gasteiger partial charge in [0, 0.05) is 0 Å². The van der Waals surface area contributed by atoms with Crippen LogP contribution in [0.1, 0.15) is 11.1 Å². The van der Waals surface area contributed by atoms with Crippen molar-refractivity contribution in [1.29, 1.82) is 0 Å². The second-order valence-corrected chi connectivity index (χ2v) is 4.30. The lowest BCUT2D eigenvalue weighted by atomic mass is 10.1. The summed E-state index contributed by atoms with van der Waals surface area (Å²) in [6.07, 6.45) is 1.58. The van der Waals surface area contributed by atoms with E-state index in [4.69, 9.17) is 5.14 Å². The molecule has 2 N–H and O–H groups in total. The summed E-state index contributed by atoms with van der Waals surface area (Å²) < 4.78 is 22.1. The average molecular weight is 197 g/mol. The number of aryl methyl sites for hydroxylation is 1. The van der Waals surface area contributed by atoms with Crippen LogP contribution >= 0.6 is 0 Å². The first-order valence-electron chi connectivity index (χ1n) is 3.71. The van der Waals surface area contributed by atoms with Gasteiger partial charge in [-0.05, 0) is 24.1 Å². The zero-order chi connectivity index (χ0) is 10.1. The van der Waals surface area contributed by atoms with E-state index in [2.05, 4.69) is 6.58 Å². The summed E-state index contributed by atoms with van der Waals surface area (Å²) >= 11 is 0. The number of primary sulfonamides is 1. The highest BCUT2D eigenvalue weighted by molar-refractivity contribution is 7.89. The molecule has 0 fully saturated rings. The van der Waals surface area contributed by atoms with Crippen molar-refractivity contribution < 1.29 is 8.42 Å². The molecule has 70 valence electrons. The molecule has 3 nitrogen and oxygen atoms in total. The van der Waals surface area contributed by atoms with E-state index in [0.29, 0.717) is 5.56 Å². The molecule has 1 rings (SSSR count). The van der Waals surface area contributed by atoms with Crippen LogP contribution in [-0.4, -0.2) is 8.42 Å². The van der Waals surface area contributed by atoms with Gasteiger partial charge in [0.2, 0.25) is 10.0 Å². The van der Waals surface area contributed by atoms with E-state index >= 15 is 0 Å². The Bertz CT molecular complexity index is 435. The van der Waals surface area contributed by atoms with Gasteiger partial charge in [-0.25, -0.2) is 13.6 Å². The van der Waals surface area contributed by atoms with Gasteiger partial charge in [-0.3, -0.25) is 0 Å². The monoisotopic (exact) mass is 197 g/mol. The van der Waals surface area contributed by atoms with Crippen LogP contribution in [-0.2, 0) is 10.0 Å². The van der Waals surface area contributed by atoms with Crippen LogP contribution in [0, 0.1) is 6.92 Å². The number of hydrogen-bond donors (Lipinski definition) is 1. The first-order valence-corrected chi connectivity index (χ1v) is 5.25. The number of sulfonamides is 1. The Morgan fingerprint density at radius 3 is 2.54 bits per heavy atom. The van der Waals surface area contributed by atoms with E-state index in [1.54, 1.807) is 25.1 Å². The second-order valence-electron chi connectivity index (χ2n) is 2.77. The molecule has 0 aliphatic heterocycles. The van der Waals surface area contributed by atoms with Crippen LogP contribution < -0.4 is 5.14 Å². The predicted octanol–water partition coefficient (Wildman–Crippen LogP) is 1.29. The predicted molar refractivity (Wildman–Crippen MR) is 52.6 cm³/mol. The van der Waals surface area contributed by atoms with Gasteiger partial charge in [-0.2, -0.15) is 0 Å². The van der Waals surface area contributed by atoms with Crippen molar-refractivity contribution in [3.63, 3.8) is 0 Å². The third kappa shape index (κ3) is 2.17. The highest BCUT2D eigenvalue weighted by Crippen LogP contribution is 2.15. The summed E-state index contributed by atoms with van der Waals surface area (Å²) in [6, 6.07) is 5.01. The van der Waals surface area contributed by atoms with E-state index < -0.39 is 10.0 Å². The number of benzene rings is 1. The normalized spacial score (nSPS) is 11.2. The van der Waals surface area contributed by atoms with Crippen LogP contribution in [0.4, 0.5) is 0 Å². The molecular formula is C9H11NO2S. The molecule has 0 saturated carbocycles. The number of rotatable bonds is 2. The maximum Gasteiger partial charge on any atom is 0.238 e. The molecule has 0 aliphatic carbocycles. The maximum atomic E-state index is 11.1. The van der Waals surface area contributed by atoms with E-state index in [1.165, 1.54) is 6.07 Å². The first kappa shape index (κ1) is 9.95. The third-order valence-electron chi connectivity index (χ3n) is 1.75. The summed E-state index contributed by atoms with van der Waals surface area (Å²) in [5.74, 6) is 0. The maximum absolute atomic E-state index is 11.1. The van der Waals surface area contributed by atoms with Crippen molar-refractivity contribution in [3.05, 3.63) is 35.9 Å². The molecule has 13 heavy (non-hydrogen) atoms. The minimum absolute atomic E-state index is 0.157. The molecule has 4 heteroatoms. The van der Waals surface area contributed by atoms with Crippen LogP contribution in [0.2, 0.25) is 0 Å². The van der Waals surface area contributed by atoms with E-state index in [1.807, 2.05) is 0 Å². The molecule has 0 amide bonds. The van der Waals surface area contributed by atoms with Crippen LogP contribution in [0.15, 0.2) is 29.7 Å². The molecule has 1 aromatic carbocycles. The molecule has 0 radical (unpaired) electrons. The quantitative estimate of drug-likeness (QED) is 0.776. The van der Waals surface area contributed by atoms with Gasteiger partial charge in [0.1, 0.15) is 0 Å². The summed E-state index contributed by atoms with van der Waals surface area (Å²) in [4.78, 5) is 0.157. The summed E-state index contributed by atoms with van der Waals surface area (Å²) in [5.41, 5.74) is 1.39. The minimum atomic E-state index is -3.61. The van der Waals surface area contributed by atoms with E-state index in [0.717, 1.165) is 5.56 Å². The van der Waals surface area contributed by atoms with Crippen LogP contribution in [0.5, 0.6) is 0 Å². The molecule has 0 spiro atoms. The van der Waals surface area contributed by atoms with Crippen molar-refractivity contribution in [2.24, 2.45) is 5.14 Å². The first-order chi connectivity index (χ1) is 5.95. The molecule has 0 saturated heterocycles. The molecule has 0 unspecified atom stereocenters. The summed E-state index contributed by atoms with van der Waals surface area (Å²) in [5, 5.41) is 5.02. The fraction of sp³-hybridized carbons (Fsp3) is 0.111. The van der Waals surface area contributed by atoms with Gasteiger partial charge in [-0.1, -0.05) is 24.8 Å². The van der Waals surface area contributed by atoms with Gasteiger partial charge in [0.05, 0.1) is 4.90 Å². The average Bonchev–Trinajstić information content (AvgIpc) is 2.03. The van der Waals surface area contributed by atoms with E-state index in [9.17, 15) is 8.42 Å². The number of nitrogens with two attached hydrogens (primary N) is 1. The molecule has 1 aromatic rings. The Morgan fingerprint density at radius 2 is 2.08 bits per heavy atom. The van der Waals surface area contributed by atoms with Gasteiger partial charge in [-0.15, -0.1) is 0 Å². The Balaban J connectivity index is 3.44. The largest absolute Gasteiger partial charge is 0.238 e. The van der Waals surface area contributed by atoms with Crippen molar-refractivity contribution in [3.8, 4) is 0 Å². The summed E-state index contributed by atoms with van der Waals surface area (Å²) in [6.45, 7) is 5.25. The fourth-order valence-electron chi connectivity index (χ4n) is 1.05. The Morgan fingerprint density at radius 1 is 1.46 bits per heavy atom. The highest BCUT2D eigenvalue weighted by Gasteiger charge is 2.10. The van der Waals surface area contributed by atoms with Gasteiger partial charge in [0.15, 0.2) is 0 Å². The van der Waals surface area contributed by atoms with Gasteiger partial charge in [0.25, 0.3) is 0 Å². The van der Waals surface area contributed by atoms with Gasteiger partial charge < -0.3 is 0 Å². The molecule has 0 aromatic heterocycles. The lowest BCUT2D eigenvalue weighted by Gasteiger charge is -2.03. The lowest BCUT2D eigenvalue weighted by molar-refractivity contribution is 0.597. The zero-order valence-corrected chi connectivity index (χ0v) is 8.14. The van der Waals surface area contributed by atoms with Crippen molar-refractivity contribution in [2.45, 2.75) is 11.8 Å². The SMILES string of the molecule is C=Cc1ccc(C)c(S(N)(=O)=O)c1. The number of hydrogen-bond acceptors (Lipinski definition) is 2. The minimum Gasteiger partial charge on any atom is -0.225 e. The standard InChI is InChI=1S/C9H11NO2S/c1-3-8-5-4-7(2)9(6-8)13(10,11)12/h3-6H,1H2,2H3,(H2,10,11,12). The molecule has 0 atom stereocenters. The van der Waals surface area contributed by atoms with Crippen LogP contribution in [0.25, 0.3) is 6.08 Å². The topological polar surface area (TPSA) is 60.2 Å². The van der Waals surface area contributed by atoms with Crippen LogP contribution in [0.3, 0.4) is 0 Å². The Labute approximate surface area is 77.9 Å². The molecule has 0 bridgehead atoms. The Hall–Kier alpha value is -1.13. The third-order valence-corrected chi connectivity index (χ3v) is 2.81. The molecular weight excluding hydrogens is 186 g/mol. The van der Waals surface area contributed by atoms with Crippen molar-refractivity contribution >= 4 is 16.1 Å². The lowest BCUT2D eigenvalue weighted by Crippen LogP contribution is -2.13. The molecule has 0 aliphatic rings. The van der Waals surface area contributed by atoms with Crippen molar-refractivity contribution in [1.82, 2.24) is 0 Å². The second kappa shape index (κ2) is 3.32. The fourth-order valence-corrected chi connectivity index (χ4v) is 1.87. The van der Waals surface area contributed by atoms with E-state index in [-0.39, 0.29) is 4.90 Å². The summed E-state index contributed by atoms with van der Waals surface area (Å²) in [7, 11) is -3.61. The van der Waals surface area contributed by atoms with Gasteiger partial charge >= 0.3 is 0 Å². The molecule has 0 heterocycles. The van der Waals surface area contributed by atoms with Crippen molar-refractivity contribution in [2.75, 3.05) is 0 Å². The zero-order valence-electron chi connectivity index (χ0n) is 7.32.